The highest BCUT2D eigenvalue weighted by atomic mass is 19.4. The van der Waals surface area contributed by atoms with Crippen LogP contribution in [0.3, 0.4) is 0 Å². The minimum atomic E-state index is -5.01. The maximum atomic E-state index is 12.9. The summed E-state index contributed by atoms with van der Waals surface area (Å²) in [5.41, 5.74) is -3.05. The zero-order valence-corrected chi connectivity index (χ0v) is 16.1. The molecule has 3 rings (SSSR count). The van der Waals surface area contributed by atoms with Crippen molar-refractivity contribution in [3.63, 3.8) is 0 Å². The first-order chi connectivity index (χ1) is 15.0. The maximum Gasteiger partial charge on any atom is 0.416 e. The fourth-order valence-corrected chi connectivity index (χ4v) is 2.60. The quantitative estimate of drug-likeness (QED) is 0.448. The summed E-state index contributed by atoms with van der Waals surface area (Å²) in [6.45, 7) is -0.0214. The van der Waals surface area contributed by atoms with E-state index in [4.69, 9.17) is 4.74 Å². The maximum absolute atomic E-state index is 12.9. The lowest BCUT2D eigenvalue weighted by Gasteiger charge is -2.15. The lowest BCUT2D eigenvalue weighted by molar-refractivity contribution is -0.143. The third-order valence-electron chi connectivity index (χ3n) is 4.11. The first kappa shape index (κ1) is 22.9. The molecule has 0 aliphatic rings. The third-order valence-corrected chi connectivity index (χ3v) is 4.11. The van der Waals surface area contributed by atoms with Crippen molar-refractivity contribution in [3.05, 3.63) is 83.7 Å². The number of carbonyl (C=O) groups excluding carboxylic acids is 1. The van der Waals surface area contributed by atoms with Gasteiger partial charge in [-0.3, -0.25) is 4.98 Å². The van der Waals surface area contributed by atoms with Crippen molar-refractivity contribution in [1.29, 1.82) is 0 Å². The third kappa shape index (κ3) is 6.37. The number of anilines is 1. The Morgan fingerprint density at radius 1 is 0.812 bits per heavy atom. The van der Waals surface area contributed by atoms with E-state index in [0.29, 0.717) is 29.2 Å². The van der Waals surface area contributed by atoms with Crippen LogP contribution in [-0.2, 0) is 18.9 Å². The number of amides is 2. The van der Waals surface area contributed by atoms with Gasteiger partial charge >= 0.3 is 18.4 Å². The minimum Gasteiger partial charge on any atom is -0.457 e. The van der Waals surface area contributed by atoms with Gasteiger partial charge < -0.3 is 15.4 Å². The lowest BCUT2D eigenvalue weighted by atomic mass is 10.1. The standard InChI is InChI=1S/C21H15F6N3O2/c22-20(23,24)14-9-15(21(25,26)27)11-16(10-14)30-19(31)29-12-13-1-3-17(4-2-13)32-18-5-7-28-8-6-18/h1-11H,12H2,(H2,29,30,31). The molecular formula is C21H15F6N3O2. The van der Waals surface area contributed by atoms with E-state index in [0.717, 1.165) is 0 Å². The van der Waals surface area contributed by atoms with Crippen molar-refractivity contribution in [2.45, 2.75) is 18.9 Å². The smallest absolute Gasteiger partial charge is 0.416 e. The molecule has 0 saturated carbocycles. The number of ether oxygens (including phenoxy) is 1. The van der Waals surface area contributed by atoms with Gasteiger partial charge in [0.25, 0.3) is 0 Å². The molecule has 0 aliphatic heterocycles. The lowest BCUT2D eigenvalue weighted by Crippen LogP contribution is -2.28. The number of pyridine rings is 1. The first-order valence-electron chi connectivity index (χ1n) is 9.02. The summed E-state index contributed by atoms with van der Waals surface area (Å²) in [7, 11) is 0. The molecule has 5 nitrogen and oxygen atoms in total. The van der Waals surface area contributed by atoms with Crippen molar-refractivity contribution in [2.75, 3.05) is 5.32 Å². The second-order valence-electron chi connectivity index (χ2n) is 6.53. The average Bonchev–Trinajstić information content (AvgIpc) is 2.72. The van der Waals surface area contributed by atoms with Crippen LogP contribution in [0.25, 0.3) is 0 Å². The molecule has 0 radical (unpaired) electrons. The summed E-state index contributed by atoms with van der Waals surface area (Å²) in [6.07, 6.45) is -6.88. The fourth-order valence-electron chi connectivity index (χ4n) is 2.60. The van der Waals surface area contributed by atoms with Crippen LogP contribution >= 0.6 is 0 Å². The van der Waals surface area contributed by atoms with Crippen LogP contribution in [0.1, 0.15) is 16.7 Å². The normalized spacial score (nSPS) is 11.7. The van der Waals surface area contributed by atoms with Crippen LogP contribution in [0.15, 0.2) is 67.0 Å². The number of hydrogen-bond donors (Lipinski definition) is 2. The van der Waals surface area contributed by atoms with Crippen LogP contribution in [0.2, 0.25) is 0 Å². The Kier molecular flexibility index (Phi) is 6.56. The molecule has 0 unspecified atom stereocenters. The Hall–Kier alpha value is -3.76. The highest BCUT2D eigenvalue weighted by Gasteiger charge is 2.37. The Morgan fingerprint density at radius 2 is 1.34 bits per heavy atom. The second-order valence-corrected chi connectivity index (χ2v) is 6.53. The van der Waals surface area contributed by atoms with Crippen LogP contribution in [0.4, 0.5) is 36.8 Å². The zero-order chi connectivity index (χ0) is 23.4. The van der Waals surface area contributed by atoms with Gasteiger partial charge in [-0.05, 0) is 48.0 Å². The first-order valence-corrected chi connectivity index (χ1v) is 9.02. The molecule has 0 bridgehead atoms. The van der Waals surface area contributed by atoms with Gasteiger partial charge in [0.05, 0.1) is 11.1 Å². The number of aromatic nitrogens is 1. The number of nitrogens with zero attached hydrogens (tertiary/aromatic N) is 1. The second kappa shape index (κ2) is 9.16. The largest absolute Gasteiger partial charge is 0.457 e. The fraction of sp³-hybridized carbons (Fsp3) is 0.143. The summed E-state index contributed by atoms with van der Waals surface area (Å²) in [4.78, 5) is 15.9. The van der Waals surface area contributed by atoms with Crippen molar-refractivity contribution in [2.24, 2.45) is 0 Å². The van der Waals surface area contributed by atoms with E-state index in [1.54, 1.807) is 48.8 Å². The molecular weight excluding hydrogens is 440 g/mol. The number of hydrogen-bond acceptors (Lipinski definition) is 3. The molecule has 1 heterocycles. The molecule has 2 aromatic carbocycles. The summed E-state index contributed by atoms with van der Waals surface area (Å²) in [5.74, 6) is 1.10. The molecule has 0 atom stereocenters. The van der Waals surface area contributed by atoms with Crippen LogP contribution in [0.5, 0.6) is 11.5 Å². The van der Waals surface area contributed by atoms with Gasteiger partial charge in [-0.2, -0.15) is 26.3 Å². The van der Waals surface area contributed by atoms with Crippen molar-refractivity contribution >= 4 is 11.7 Å². The Labute approximate surface area is 178 Å². The van der Waals surface area contributed by atoms with Gasteiger partial charge in [-0.1, -0.05) is 12.1 Å². The highest BCUT2D eigenvalue weighted by Crippen LogP contribution is 2.37. The van der Waals surface area contributed by atoms with Crippen LogP contribution < -0.4 is 15.4 Å². The number of benzene rings is 2. The predicted molar refractivity (Wildman–Crippen MR) is 103 cm³/mol. The molecule has 0 fully saturated rings. The van der Waals surface area contributed by atoms with Crippen molar-refractivity contribution in [1.82, 2.24) is 10.3 Å². The average molecular weight is 455 g/mol. The molecule has 0 aliphatic carbocycles. The zero-order valence-electron chi connectivity index (χ0n) is 16.1. The molecule has 168 valence electrons. The van der Waals surface area contributed by atoms with E-state index in [2.05, 4.69) is 10.3 Å². The molecule has 0 saturated heterocycles. The number of carbonyl (C=O) groups is 1. The molecule has 32 heavy (non-hydrogen) atoms. The minimum absolute atomic E-state index is 0.0152. The van der Waals surface area contributed by atoms with Crippen molar-refractivity contribution < 1.29 is 35.9 Å². The number of urea groups is 1. The number of halogens is 6. The topological polar surface area (TPSA) is 63.2 Å². The summed E-state index contributed by atoms with van der Waals surface area (Å²) < 4.78 is 83.0. The summed E-state index contributed by atoms with van der Waals surface area (Å²) >= 11 is 0. The molecule has 2 amide bonds. The van der Waals surface area contributed by atoms with E-state index < -0.39 is 35.2 Å². The van der Waals surface area contributed by atoms with E-state index >= 15 is 0 Å². The summed E-state index contributed by atoms with van der Waals surface area (Å²) in [5, 5.41) is 4.37. The molecule has 2 N–H and O–H groups in total. The van der Waals surface area contributed by atoms with Crippen LogP contribution in [-0.4, -0.2) is 11.0 Å². The van der Waals surface area contributed by atoms with Gasteiger partial charge in [-0.25, -0.2) is 4.79 Å². The van der Waals surface area contributed by atoms with E-state index in [1.807, 2.05) is 5.32 Å². The van der Waals surface area contributed by atoms with Gasteiger partial charge in [0.1, 0.15) is 11.5 Å². The highest BCUT2D eigenvalue weighted by molar-refractivity contribution is 5.89. The van der Waals surface area contributed by atoms with E-state index in [-0.39, 0.29) is 12.6 Å². The Balaban J connectivity index is 1.62. The number of nitrogens with one attached hydrogen (secondary N) is 2. The number of rotatable bonds is 5. The monoisotopic (exact) mass is 455 g/mol. The van der Waals surface area contributed by atoms with E-state index in [1.165, 1.54) is 0 Å². The van der Waals surface area contributed by atoms with E-state index in [9.17, 15) is 31.1 Å². The van der Waals surface area contributed by atoms with Gasteiger partial charge in [-0.15, -0.1) is 0 Å². The SMILES string of the molecule is O=C(NCc1ccc(Oc2ccncc2)cc1)Nc1cc(C(F)(F)F)cc(C(F)(F)F)c1. The summed E-state index contributed by atoms with van der Waals surface area (Å²) in [6, 6.07) is 9.77. The van der Waals surface area contributed by atoms with Gasteiger partial charge in [0.15, 0.2) is 0 Å². The Morgan fingerprint density at radius 3 is 1.88 bits per heavy atom. The van der Waals surface area contributed by atoms with Crippen LogP contribution in [0, 0.1) is 0 Å². The molecule has 0 spiro atoms. The molecule has 1 aromatic heterocycles. The Bertz CT molecular complexity index is 1040. The predicted octanol–water partition coefficient (Wildman–Crippen LogP) is 6.23. The molecule has 3 aromatic rings. The van der Waals surface area contributed by atoms with Gasteiger partial charge in [0.2, 0.25) is 0 Å². The molecule has 11 heteroatoms. The number of alkyl halides is 6. The van der Waals surface area contributed by atoms with Crippen molar-refractivity contribution in [3.8, 4) is 11.5 Å². The van der Waals surface area contributed by atoms with Gasteiger partial charge in [0, 0.05) is 24.6 Å².